The number of benzene rings is 2. The highest BCUT2D eigenvalue weighted by Crippen LogP contribution is 2.13. The minimum absolute atomic E-state index is 0.118. The Hall–Kier alpha value is -3.27. The van der Waals surface area contributed by atoms with Crippen molar-refractivity contribution in [2.45, 2.75) is 0 Å². The first kappa shape index (κ1) is 16.1. The molecule has 0 aliphatic heterocycles. The van der Waals surface area contributed by atoms with Crippen LogP contribution in [0.4, 0.5) is 0 Å². The highest BCUT2D eigenvalue weighted by Gasteiger charge is 1.96. The number of aliphatic hydroxyl groups is 1. The molecule has 4 heteroatoms. The Balaban J connectivity index is 2.01. The smallest absolute Gasteiger partial charge is 0.182 e. The number of rotatable bonds is 5. The van der Waals surface area contributed by atoms with E-state index in [4.69, 9.17) is 0 Å². The second-order valence-electron chi connectivity index (χ2n) is 4.83. The molecule has 0 amide bonds. The molecule has 0 aliphatic rings. The van der Waals surface area contributed by atoms with Gasteiger partial charge in [-0.15, -0.1) is 0 Å². The van der Waals surface area contributed by atoms with E-state index in [-0.39, 0.29) is 23.0 Å². The number of hydrogen-bond acceptors (Lipinski definition) is 4. The first-order valence-electron chi connectivity index (χ1n) is 6.92. The first-order chi connectivity index (χ1) is 11.0. The molecule has 0 fully saturated rings. The number of carbonyl (C=O) groups is 1. The molecular weight excluding hydrogens is 292 g/mol. The minimum atomic E-state index is -0.383. The van der Waals surface area contributed by atoms with Gasteiger partial charge < -0.3 is 15.3 Å². The van der Waals surface area contributed by atoms with E-state index in [0.29, 0.717) is 11.1 Å². The third kappa shape index (κ3) is 5.55. The summed E-state index contributed by atoms with van der Waals surface area (Å²) in [5, 5.41) is 28.4. The minimum Gasteiger partial charge on any atom is -0.508 e. The molecule has 2 rings (SSSR count). The maximum Gasteiger partial charge on any atom is 0.182 e. The normalized spacial score (nSPS) is 12.1. The zero-order chi connectivity index (χ0) is 16.7. The summed E-state index contributed by atoms with van der Waals surface area (Å²) in [6, 6.07) is 13.0. The molecule has 0 spiro atoms. The summed E-state index contributed by atoms with van der Waals surface area (Å²) in [5.74, 6) is -0.335. The topological polar surface area (TPSA) is 77.8 Å². The van der Waals surface area contributed by atoms with E-state index in [1.807, 2.05) is 0 Å². The fraction of sp³-hybridized carbons (Fsp3) is 0. The average Bonchev–Trinajstić information content (AvgIpc) is 2.51. The SMILES string of the molecule is O=C(C=Cc1cccc(O)c1)C=C(O)C=Cc1cccc(O)c1. The van der Waals surface area contributed by atoms with Crippen molar-refractivity contribution in [1.29, 1.82) is 0 Å². The summed E-state index contributed by atoms with van der Waals surface area (Å²) >= 11 is 0. The van der Waals surface area contributed by atoms with Crippen LogP contribution in [0.15, 0.2) is 72.5 Å². The fourth-order valence-corrected chi connectivity index (χ4v) is 1.86. The van der Waals surface area contributed by atoms with E-state index >= 15 is 0 Å². The van der Waals surface area contributed by atoms with Crippen LogP contribution >= 0.6 is 0 Å². The van der Waals surface area contributed by atoms with Gasteiger partial charge in [-0.05, 0) is 47.5 Å². The molecule has 0 aliphatic carbocycles. The van der Waals surface area contributed by atoms with Crippen molar-refractivity contribution in [1.82, 2.24) is 0 Å². The highest BCUT2D eigenvalue weighted by atomic mass is 16.3. The number of aliphatic hydroxyl groups excluding tert-OH is 1. The molecule has 3 N–H and O–H groups in total. The van der Waals surface area contributed by atoms with Gasteiger partial charge in [-0.1, -0.05) is 36.4 Å². The van der Waals surface area contributed by atoms with Crippen LogP contribution in [-0.4, -0.2) is 21.1 Å². The van der Waals surface area contributed by atoms with E-state index < -0.39 is 0 Å². The molecule has 0 saturated carbocycles. The van der Waals surface area contributed by atoms with Gasteiger partial charge in [0, 0.05) is 6.08 Å². The summed E-state index contributed by atoms with van der Waals surface area (Å²) in [7, 11) is 0. The van der Waals surface area contributed by atoms with Gasteiger partial charge >= 0.3 is 0 Å². The largest absolute Gasteiger partial charge is 0.508 e. The number of phenolic OH excluding ortho intramolecular Hbond substituents is 2. The molecule has 116 valence electrons. The average molecular weight is 308 g/mol. The van der Waals surface area contributed by atoms with Gasteiger partial charge in [0.15, 0.2) is 5.78 Å². The third-order valence-electron chi connectivity index (χ3n) is 2.92. The molecule has 4 nitrogen and oxygen atoms in total. The molecule has 0 unspecified atom stereocenters. The Morgan fingerprint density at radius 1 is 0.826 bits per heavy atom. The lowest BCUT2D eigenvalue weighted by atomic mass is 10.1. The van der Waals surface area contributed by atoms with E-state index in [0.717, 1.165) is 6.08 Å². The Morgan fingerprint density at radius 3 is 1.87 bits per heavy atom. The third-order valence-corrected chi connectivity index (χ3v) is 2.92. The summed E-state index contributed by atoms with van der Waals surface area (Å²) in [6.07, 6.45) is 6.88. The van der Waals surface area contributed by atoms with Gasteiger partial charge in [0.1, 0.15) is 17.3 Å². The van der Waals surface area contributed by atoms with Crippen molar-refractivity contribution in [2.24, 2.45) is 0 Å². The van der Waals surface area contributed by atoms with Gasteiger partial charge in [0.2, 0.25) is 0 Å². The van der Waals surface area contributed by atoms with Crippen LogP contribution in [0, 0.1) is 0 Å². The van der Waals surface area contributed by atoms with Gasteiger partial charge in [-0.2, -0.15) is 0 Å². The molecule has 0 aromatic heterocycles. The highest BCUT2D eigenvalue weighted by molar-refractivity contribution is 6.02. The molecule has 0 radical (unpaired) electrons. The van der Waals surface area contributed by atoms with Crippen LogP contribution in [0.25, 0.3) is 12.2 Å². The molecule has 2 aromatic rings. The summed E-state index contributed by atoms with van der Waals surface area (Å²) in [5.41, 5.74) is 1.38. The Labute approximate surface area is 134 Å². The van der Waals surface area contributed by atoms with E-state index in [9.17, 15) is 20.1 Å². The van der Waals surface area contributed by atoms with Crippen molar-refractivity contribution >= 4 is 17.9 Å². The van der Waals surface area contributed by atoms with Crippen molar-refractivity contribution < 1.29 is 20.1 Å². The Morgan fingerprint density at radius 2 is 1.35 bits per heavy atom. The number of phenols is 2. The number of allylic oxidation sites excluding steroid dienone is 3. The number of carbonyl (C=O) groups excluding carboxylic acids is 1. The zero-order valence-electron chi connectivity index (χ0n) is 12.3. The van der Waals surface area contributed by atoms with Crippen LogP contribution in [0.1, 0.15) is 11.1 Å². The van der Waals surface area contributed by atoms with Gasteiger partial charge in [0.05, 0.1) is 0 Å². The maximum absolute atomic E-state index is 11.7. The van der Waals surface area contributed by atoms with Crippen LogP contribution in [0.2, 0.25) is 0 Å². The van der Waals surface area contributed by atoms with Gasteiger partial charge in [-0.25, -0.2) is 0 Å². The van der Waals surface area contributed by atoms with Crippen LogP contribution in [0.3, 0.4) is 0 Å². The number of aromatic hydroxyl groups is 2. The summed E-state index contributed by atoms with van der Waals surface area (Å²) < 4.78 is 0. The van der Waals surface area contributed by atoms with Crippen molar-refractivity contribution in [3.05, 3.63) is 83.6 Å². The van der Waals surface area contributed by atoms with E-state index in [1.54, 1.807) is 42.5 Å². The standard InChI is InChI=1S/C19H16O4/c20-16-5-1-3-14(11-16)7-9-18(22)13-19(23)10-8-15-4-2-6-17(21)12-15/h1-13,20-22H. The van der Waals surface area contributed by atoms with Crippen molar-refractivity contribution in [2.75, 3.05) is 0 Å². The Bertz CT molecular complexity index is 785. The van der Waals surface area contributed by atoms with Crippen LogP contribution < -0.4 is 0 Å². The van der Waals surface area contributed by atoms with Crippen molar-refractivity contribution in [3.63, 3.8) is 0 Å². The lowest BCUT2D eigenvalue weighted by molar-refractivity contribution is -0.110. The second-order valence-corrected chi connectivity index (χ2v) is 4.83. The van der Waals surface area contributed by atoms with E-state index in [1.165, 1.54) is 30.4 Å². The number of ketones is 1. The van der Waals surface area contributed by atoms with Gasteiger partial charge in [0.25, 0.3) is 0 Å². The van der Waals surface area contributed by atoms with Crippen molar-refractivity contribution in [3.8, 4) is 11.5 Å². The molecule has 23 heavy (non-hydrogen) atoms. The molecule has 0 heterocycles. The lowest BCUT2D eigenvalue weighted by Crippen LogP contribution is -1.88. The monoisotopic (exact) mass is 308 g/mol. The molecule has 0 bridgehead atoms. The molecule has 0 atom stereocenters. The molecule has 0 saturated heterocycles. The summed E-state index contributed by atoms with van der Waals surface area (Å²) in [6.45, 7) is 0. The van der Waals surface area contributed by atoms with Crippen LogP contribution in [-0.2, 0) is 4.79 Å². The fourth-order valence-electron chi connectivity index (χ4n) is 1.86. The lowest BCUT2D eigenvalue weighted by Gasteiger charge is -1.95. The maximum atomic E-state index is 11.7. The molecule has 2 aromatic carbocycles. The second kappa shape index (κ2) is 7.66. The molecular formula is C19H16O4. The Kier molecular flexibility index (Phi) is 5.36. The van der Waals surface area contributed by atoms with Crippen LogP contribution in [0.5, 0.6) is 11.5 Å². The van der Waals surface area contributed by atoms with Gasteiger partial charge in [-0.3, -0.25) is 4.79 Å². The predicted octanol–water partition coefficient (Wildman–Crippen LogP) is 3.84. The quantitative estimate of drug-likeness (QED) is 0.445. The first-order valence-corrected chi connectivity index (χ1v) is 6.92. The number of hydrogen-bond donors (Lipinski definition) is 3. The summed E-state index contributed by atoms with van der Waals surface area (Å²) in [4.78, 5) is 11.7. The predicted molar refractivity (Wildman–Crippen MR) is 90.0 cm³/mol. The zero-order valence-corrected chi connectivity index (χ0v) is 12.3. The van der Waals surface area contributed by atoms with E-state index in [2.05, 4.69) is 0 Å².